The predicted octanol–water partition coefficient (Wildman–Crippen LogP) is 1.36. The molecule has 2 aromatic rings. The van der Waals surface area contributed by atoms with E-state index in [1.54, 1.807) is 18.2 Å². The van der Waals surface area contributed by atoms with Gasteiger partial charge in [-0.3, -0.25) is 14.6 Å². The van der Waals surface area contributed by atoms with E-state index in [0.29, 0.717) is 30.4 Å². The van der Waals surface area contributed by atoms with Gasteiger partial charge in [0.1, 0.15) is 0 Å². The largest absolute Gasteiger partial charge is 0.490 e. The highest BCUT2D eigenvalue weighted by Crippen LogP contribution is 2.30. The van der Waals surface area contributed by atoms with E-state index >= 15 is 0 Å². The van der Waals surface area contributed by atoms with Crippen LogP contribution in [0, 0.1) is 0 Å². The Hall–Kier alpha value is -3.03. The summed E-state index contributed by atoms with van der Waals surface area (Å²) < 4.78 is 12.3. The topological polar surface area (TPSA) is 102 Å². The van der Waals surface area contributed by atoms with Crippen LogP contribution in [-0.2, 0) is 11.3 Å². The average molecular weight is 347 g/mol. The number of anilines is 1. The fourth-order valence-electron chi connectivity index (χ4n) is 2.19. The standard InChI is InChI=1S/C17H21N3O5/c1-3-24-13-6-5-12(11-14(13)25-4-2)18-15(21)7-9-20-10-8-16(22)19-17(20)23/h5-6,8,10-11H,3-4,7,9H2,1-2H3,(H,18,21)(H,19,22,23). The molecule has 1 amide bonds. The van der Waals surface area contributed by atoms with E-state index in [1.807, 2.05) is 13.8 Å². The van der Waals surface area contributed by atoms with Gasteiger partial charge < -0.3 is 19.4 Å². The highest BCUT2D eigenvalue weighted by atomic mass is 16.5. The summed E-state index contributed by atoms with van der Waals surface area (Å²) >= 11 is 0. The number of aromatic amines is 1. The molecule has 8 nitrogen and oxygen atoms in total. The van der Waals surface area contributed by atoms with Crippen molar-refractivity contribution in [3.05, 3.63) is 51.3 Å². The van der Waals surface area contributed by atoms with Crippen LogP contribution in [-0.4, -0.2) is 28.7 Å². The molecular weight excluding hydrogens is 326 g/mol. The van der Waals surface area contributed by atoms with Gasteiger partial charge in [-0.2, -0.15) is 0 Å². The Morgan fingerprint density at radius 1 is 1.12 bits per heavy atom. The van der Waals surface area contributed by atoms with Gasteiger partial charge >= 0.3 is 5.69 Å². The van der Waals surface area contributed by atoms with Crippen molar-refractivity contribution in [1.82, 2.24) is 9.55 Å². The number of ether oxygens (including phenoxy) is 2. The van der Waals surface area contributed by atoms with E-state index in [4.69, 9.17) is 9.47 Å². The van der Waals surface area contributed by atoms with Gasteiger partial charge in [0, 0.05) is 37.0 Å². The number of amides is 1. The number of H-pyrrole nitrogens is 1. The van der Waals surface area contributed by atoms with Crippen molar-refractivity contribution in [2.75, 3.05) is 18.5 Å². The van der Waals surface area contributed by atoms with Crippen LogP contribution in [0.15, 0.2) is 40.1 Å². The van der Waals surface area contributed by atoms with Crippen LogP contribution in [0.4, 0.5) is 5.69 Å². The highest BCUT2D eigenvalue weighted by molar-refractivity contribution is 5.91. The minimum Gasteiger partial charge on any atom is -0.490 e. The van der Waals surface area contributed by atoms with Crippen molar-refractivity contribution in [3.8, 4) is 11.5 Å². The summed E-state index contributed by atoms with van der Waals surface area (Å²) in [4.78, 5) is 36.8. The molecule has 25 heavy (non-hydrogen) atoms. The zero-order chi connectivity index (χ0) is 18.2. The third-order valence-electron chi connectivity index (χ3n) is 3.30. The van der Waals surface area contributed by atoms with Crippen LogP contribution in [0.2, 0.25) is 0 Å². The smallest absolute Gasteiger partial charge is 0.328 e. The summed E-state index contributed by atoms with van der Waals surface area (Å²) in [6.45, 7) is 4.90. The lowest BCUT2D eigenvalue weighted by Crippen LogP contribution is -2.29. The first-order chi connectivity index (χ1) is 12.0. The molecule has 2 N–H and O–H groups in total. The number of benzene rings is 1. The second-order valence-electron chi connectivity index (χ2n) is 5.13. The number of hydrogen-bond acceptors (Lipinski definition) is 5. The van der Waals surface area contributed by atoms with Crippen molar-refractivity contribution in [3.63, 3.8) is 0 Å². The first-order valence-corrected chi connectivity index (χ1v) is 8.02. The fourth-order valence-corrected chi connectivity index (χ4v) is 2.19. The summed E-state index contributed by atoms with van der Waals surface area (Å²) in [6.07, 6.45) is 1.45. The van der Waals surface area contributed by atoms with Crippen LogP contribution < -0.4 is 26.0 Å². The third-order valence-corrected chi connectivity index (χ3v) is 3.30. The van der Waals surface area contributed by atoms with Gasteiger partial charge in [0.05, 0.1) is 13.2 Å². The zero-order valence-corrected chi connectivity index (χ0v) is 14.2. The number of carbonyl (C=O) groups is 1. The maximum Gasteiger partial charge on any atom is 0.328 e. The number of aromatic nitrogens is 2. The van der Waals surface area contributed by atoms with Crippen molar-refractivity contribution in [2.45, 2.75) is 26.8 Å². The number of rotatable bonds is 8. The summed E-state index contributed by atoms with van der Waals surface area (Å²) in [5.74, 6) is 0.908. The van der Waals surface area contributed by atoms with Crippen LogP contribution in [0.3, 0.4) is 0 Å². The van der Waals surface area contributed by atoms with Gasteiger partial charge in [0.2, 0.25) is 5.91 Å². The summed E-state index contributed by atoms with van der Waals surface area (Å²) in [7, 11) is 0. The Labute approximate surface area is 144 Å². The Balaban J connectivity index is 2.01. The first-order valence-electron chi connectivity index (χ1n) is 8.02. The Morgan fingerprint density at radius 3 is 2.52 bits per heavy atom. The molecule has 0 fully saturated rings. The molecule has 0 spiro atoms. The lowest BCUT2D eigenvalue weighted by molar-refractivity contribution is -0.116. The van der Waals surface area contributed by atoms with Crippen LogP contribution >= 0.6 is 0 Å². The molecule has 0 aliphatic rings. The molecule has 0 atom stereocenters. The quantitative estimate of drug-likeness (QED) is 0.751. The molecule has 1 heterocycles. The maximum absolute atomic E-state index is 12.1. The lowest BCUT2D eigenvalue weighted by atomic mass is 10.2. The zero-order valence-electron chi connectivity index (χ0n) is 14.2. The highest BCUT2D eigenvalue weighted by Gasteiger charge is 2.09. The minimum atomic E-state index is -0.542. The van der Waals surface area contributed by atoms with Crippen LogP contribution in [0.25, 0.3) is 0 Å². The molecule has 1 aromatic heterocycles. The van der Waals surface area contributed by atoms with E-state index < -0.39 is 11.2 Å². The second-order valence-corrected chi connectivity index (χ2v) is 5.13. The van der Waals surface area contributed by atoms with E-state index in [1.165, 1.54) is 16.8 Å². The Kier molecular flexibility index (Phi) is 6.39. The van der Waals surface area contributed by atoms with Crippen molar-refractivity contribution in [1.29, 1.82) is 0 Å². The number of hydrogen-bond donors (Lipinski definition) is 2. The van der Waals surface area contributed by atoms with Gasteiger partial charge in [-0.1, -0.05) is 0 Å². The molecule has 0 bridgehead atoms. The lowest BCUT2D eigenvalue weighted by Gasteiger charge is -2.13. The van der Waals surface area contributed by atoms with Gasteiger partial charge in [-0.05, 0) is 26.0 Å². The molecular formula is C17H21N3O5. The van der Waals surface area contributed by atoms with Crippen LogP contribution in [0.5, 0.6) is 11.5 Å². The minimum absolute atomic E-state index is 0.0864. The van der Waals surface area contributed by atoms with Crippen molar-refractivity contribution >= 4 is 11.6 Å². The summed E-state index contributed by atoms with van der Waals surface area (Å²) in [6, 6.07) is 6.38. The number of nitrogens with zero attached hydrogens (tertiary/aromatic N) is 1. The number of nitrogens with one attached hydrogen (secondary N) is 2. The Morgan fingerprint density at radius 2 is 1.84 bits per heavy atom. The molecule has 0 saturated carbocycles. The van der Waals surface area contributed by atoms with Gasteiger partial charge in [0.25, 0.3) is 5.56 Å². The van der Waals surface area contributed by atoms with E-state index in [0.717, 1.165) is 0 Å². The molecule has 8 heteroatoms. The summed E-state index contributed by atoms with van der Waals surface area (Å²) in [5.41, 5.74) is -0.436. The number of aryl methyl sites for hydroxylation is 1. The monoisotopic (exact) mass is 347 g/mol. The number of carbonyl (C=O) groups excluding carboxylic acids is 1. The van der Waals surface area contributed by atoms with Gasteiger partial charge in [0.15, 0.2) is 11.5 Å². The molecule has 0 saturated heterocycles. The molecule has 0 aliphatic carbocycles. The first kappa shape index (κ1) is 18.3. The predicted molar refractivity (Wildman–Crippen MR) is 93.3 cm³/mol. The van der Waals surface area contributed by atoms with Gasteiger partial charge in [-0.25, -0.2) is 4.79 Å². The second kappa shape index (κ2) is 8.72. The maximum atomic E-state index is 12.1. The summed E-state index contributed by atoms with van der Waals surface area (Å²) in [5, 5.41) is 2.75. The van der Waals surface area contributed by atoms with Crippen LogP contribution in [0.1, 0.15) is 20.3 Å². The SMILES string of the molecule is CCOc1ccc(NC(=O)CCn2ccc(=O)[nH]c2=O)cc1OCC. The van der Waals surface area contributed by atoms with E-state index in [9.17, 15) is 14.4 Å². The van der Waals surface area contributed by atoms with Gasteiger partial charge in [-0.15, -0.1) is 0 Å². The third kappa shape index (κ3) is 5.23. The molecule has 0 unspecified atom stereocenters. The van der Waals surface area contributed by atoms with Crippen molar-refractivity contribution in [2.24, 2.45) is 0 Å². The normalized spacial score (nSPS) is 10.3. The van der Waals surface area contributed by atoms with E-state index in [2.05, 4.69) is 10.3 Å². The average Bonchev–Trinajstić information content (AvgIpc) is 2.57. The molecule has 2 rings (SSSR count). The molecule has 0 radical (unpaired) electrons. The van der Waals surface area contributed by atoms with Crippen molar-refractivity contribution < 1.29 is 14.3 Å². The fraction of sp³-hybridized carbons (Fsp3) is 0.353. The van der Waals surface area contributed by atoms with E-state index in [-0.39, 0.29) is 18.9 Å². The molecule has 1 aromatic carbocycles. The molecule has 0 aliphatic heterocycles. The molecule has 134 valence electrons. The Bertz CT molecular complexity index is 841.